The predicted octanol–water partition coefficient (Wildman–Crippen LogP) is 2.04. The molecule has 2 aliphatic heterocycles. The first-order chi connectivity index (χ1) is 10.8. The number of rotatable bonds is 3. The zero-order chi connectivity index (χ0) is 14.9. The van der Waals surface area contributed by atoms with Crippen LogP contribution in [0.15, 0.2) is 42.5 Å². The minimum Gasteiger partial charge on any atom is -0.480 e. The van der Waals surface area contributed by atoms with Crippen molar-refractivity contribution in [3.63, 3.8) is 0 Å². The maximum absolute atomic E-state index is 12.2. The van der Waals surface area contributed by atoms with Gasteiger partial charge < -0.3 is 19.5 Å². The van der Waals surface area contributed by atoms with Crippen LogP contribution in [0, 0.1) is 0 Å². The topological polar surface area (TPSA) is 56.8 Å². The van der Waals surface area contributed by atoms with Crippen molar-refractivity contribution in [3.05, 3.63) is 53.6 Å². The van der Waals surface area contributed by atoms with Crippen LogP contribution in [0.1, 0.15) is 11.1 Å². The molecule has 1 atom stereocenters. The van der Waals surface area contributed by atoms with Gasteiger partial charge in [0.05, 0.1) is 0 Å². The van der Waals surface area contributed by atoms with E-state index in [0.29, 0.717) is 13.0 Å². The number of hydrogen-bond donors (Lipinski definition) is 1. The predicted molar refractivity (Wildman–Crippen MR) is 79.0 cm³/mol. The van der Waals surface area contributed by atoms with E-state index in [9.17, 15) is 4.79 Å². The molecule has 1 amide bonds. The Hall–Kier alpha value is -2.69. The van der Waals surface area contributed by atoms with Crippen molar-refractivity contribution in [1.82, 2.24) is 5.32 Å². The Morgan fingerprint density at radius 2 is 1.95 bits per heavy atom. The first-order valence-corrected chi connectivity index (χ1v) is 7.20. The highest BCUT2D eigenvalue weighted by Crippen LogP contribution is 2.32. The van der Waals surface area contributed by atoms with E-state index in [1.807, 2.05) is 42.5 Å². The monoisotopic (exact) mass is 297 g/mol. The summed E-state index contributed by atoms with van der Waals surface area (Å²) in [6.45, 7) is 0.686. The number of benzene rings is 2. The van der Waals surface area contributed by atoms with Crippen LogP contribution in [0.25, 0.3) is 0 Å². The molecule has 0 saturated heterocycles. The first-order valence-electron chi connectivity index (χ1n) is 7.20. The second kappa shape index (κ2) is 5.26. The Morgan fingerprint density at radius 1 is 1.09 bits per heavy atom. The highest BCUT2D eigenvalue weighted by molar-refractivity contribution is 5.82. The maximum Gasteiger partial charge on any atom is 0.261 e. The number of hydrogen-bond acceptors (Lipinski definition) is 4. The number of para-hydroxylation sites is 1. The van der Waals surface area contributed by atoms with Crippen LogP contribution in [-0.2, 0) is 17.8 Å². The number of fused-ring (bicyclic) bond motifs is 2. The minimum atomic E-state index is -0.452. The molecule has 2 heterocycles. The molecule has 0 fully saturated rings. The molecule has 0 aromatic heterocycles. The van der Waals surface area contributed by atoms with E-state index in [0.717, 1.165) is 28.4 Å². The van der Waals surface area contributed by atoms with Gasteiger partial charge in [-0.3, -0.25) is 4.79 Å². The van der Waals surface area contributed by atoms with E-state index < -0.39 is 6.10 Å². The van der Waals surface area contributed by atoms with E-state index in [4.69, 9.17) is 14.2 Å². The largest absolute Gasteiger partial charge is 0.480 e. The number of carbonyl (C=O) groups is 1. The minimum absolute atomic E-state index is 0.103. The summed E-state index contributed by atoms with van der Waals surface area (Å²) in [5.74, 6) is 2.15. The molecule has 1 N–H and O–H groups in total. The van der Waals surface area contributed by atoms with Gasteiger partial charge in [-0.15, -0.1) is 0 Å². The van der Waals surface area contributed by atoms with Crippen molar-refractivity contribution in [1.29, 1.82) is 0 Å². The van der Waals surface area contributed by atoms with Gasteiger partial charge >= 0.3 is 0 Å². The molecule has 4 rings (SSSR count). The zero-order valence-electron chi connectivity index (χ0n) is 11.9. The lowest BCUT2D eigenvalue weighted by atomic mass is 10.1. The van der Waals surface area contributed by atoms with Crippen molar-refractivity contribution in [2.24, 2.45) is 0 Å². The van der Waals surface area contributed by atoms with Crippen LogP contribution >= 0.6 is 0 Å². The van der Waals surface area contributed by atoms with E-state index in [2.05, 4.69) is 5.32 Å². The average Bonchev–Trinajstić information content (AvgIpc) is 3.18. The third kappa shape index (κ3) is 2.35. The standard InChI is InChI=1S/C17H15NO4/c19-17(16-8-12-3-1-2-4-13(12)22-16)18-9-11-5-6-14-15(7-11)21-10-20-14/h1-7,16H,8-10H2,(H,18,19). The second-order valence-electron chi connectivity index (χ2n) is 5.32. The summed E-state index contributed by atoms with van der Waals surface area (Å²) < 4.78 is 16.3. The molecule has 2 aromatic rings. The van der Waals surface area contributed by atoms with Gasteiger partial charge in [0.2, 0.25) is 6.79 Å². The van der Waals surface area contributed by atoms with Crippen molar-refractivity contribution < 1.29 is 19.0 Å². The summed E-state index contributed by atoms with van der Waals surface area (Å²) in [6, 6.07) is 13.4. The Morgan fingerprint density at radius 3 is 2.86 bits per heavy atom. The molecule has 0 radical (unpaired) electrons. The summed E-state index contributed by atoms with van der Waals surface area (Å²) in [5.41, 5.74) is 2.04. The summed E-state index contributed by atoms with van der Waals surface area (Å²) >= 11 is 0. The Labute approximate surface area is 127 Å². The lowest BCUT2D eigenvalue weighted by Gasteiger charge is -2.11. The van der Waals surface area contributed by atoms with Gasteiger partial charge in [-0.1, -0.05) is 24.3 Å². The van der Waals surface area contributed by atoms with Gasteiger partial charge in [-0.25, -0.2) is 0 Å². The summed E-state index contributed by atoms with van der Waals surface area (Å²) in [5, 5.41) is 2.91. The first kappa shape index (κ1) is 13.0. The molecule has 2 aliphatic rings. The van der Waals surface area contributed by atoms with Crippen molar-refractivity contribution in [2.75, 3.05) is 6.79 Å². The number of ether oxygens (including phenoxy) is 3. The average molecular weight is 297 g/mol. The van der Waals surface area contributed by atoms with E-state index in [-0.39, 0.29) is 12.7 Å². The third-order valence-corrected chi connectivity index (χ3v) is 3.84. The quantitative estimate of drug-likeness (QED) is 0.942. The van der Waals surface area contributed by atoms with Crippen LogP contribution in [0.3, 0.4) is 0 Å². The van der Waals surface area contributed by atoms with Gasteiger partial charge in [0.25, 0.3) is 5.91 Å². The fourth-order valence-corrected chi connectivity index (χ4v) is 2.68. The van der Waals surface area contributed by atoms with Gasteiger partial charge in [0, 0.05) is 13.0 Å². The summed E-state index contributed by atoms with van der Waals surface area (Å²) in [4.78, 5) is 12.2. The van der Waals surface area contributed by atoms with Crippen LogP contribution in [-0.4, -0.2) is 18.8 Å². The van der Waals surface area contributed by atoms with Crippen LogP contribution < -0.4 is 19.5 Å². The molecule has 0 bridgehead atoms. The van der Waals surface area contributed by atoms with E-state index in [1.165, 1.54) is 0 Å². The SMILES string of the molecule is O=C(NCc1ccc2c(c1)OCO2)C1Cc2ccccc2O1. The van der Waals surface area contributed by atoms with Gasteiger partial charge in [-0.05, 0) is 29.3 Å². The Bertz CT molecular complexity index is 703. The Kier molecular flexibility index (Phi) is 3.11. The van der Waals surface area contributed by atoms with Crippen molar-refractivity contribution in [3.8, 4) is 17.2 Å². The molecule has 1 unspecified atom stereocenters. The molecule has 22 heavy (non-hydrogen) atoms. The molecule has 2 aromatic carbocycles. The highest BCUT2D eigenvalue weighted by Gasteiger charge is 2.28. The third-order valence-electron chi connectivity index (χ3n) is 3.84. The van der Waals surface area contributed by atoms with Gasteiger partial charge in [0.1, 0.15) is 5.75 Å². The summed E-state index contributed by atoms with van der Waals surface area (Å²) in [7, 11) is 0. The molecule has 112 valence electrons. The van der Waals surface area contributed by atoms with Crippen molar-refractivity contribution in [2.45, 2.75) is 19.1 Å². The number of carbonyl (C=O) groups excluding carboxylic acids is 1. The smallest absolute Gasteiger partial charge is 0.261 e. The summed E-state index contributed by atoms with van der Waals surface area (Å²) in [6.07, 6.45) is 0.162. The van der Waals surface area contributed by atoms with Crippen LogP contribution in [0.5, 0.6) is 17.2 Å². The van der Waals surface area contributed by atoms with Crippen LogP contribution in [0.2, 0.25) is 0 Å². The Balaban J connectivity index is 1.37. The number of amides is 1. The molecule has 0 aliphatic carbocycles. The van der Waals surface area contributed by atoms with Crippen molar-refractivity contribution >= 4 is 5.91 Å². The molecule has 0 saturated carbocycles. The van der Waals surface area contributed by atoms with Gasteiger partial charge in [-0.2, -0.15) is 0 Å². The molecular formula is C17H15NO4. The van der Waals surface area contributed by atoms with E-state index >= 15 is 0 Å². The molecular weight excluding hydrogens is 282 g/mol. The van der Waals surface area contributed by atoms with Crippen LogP contribution in [0.4, 0.5) is 0 Å². The van der Waals surface area contributed by atoms with Gasteiger partial charge in [0.15, 0.2) is 17.6 Å². The molecule has 0 spiro atoms. The highest BCUT2D eigenvalue weighted by atomic mass is 16.7. The molecule has 5 heteroatoms. The maximum atomic E-state index is 12.2. The fraction of sp³-hybridized carbons (Fsp3) is 0.235. The lowest BCUT2D eigenvalue weighted by Crippen LogP contribution is -2.36. The molecule has 5 nitrogen and oxygen atoms in total. The lowest BCUT2D eigenvalue weighted by molar-refractivity contribution is -0.127. The normalized spacial score (nSPS) is 17.7. The van der Waals surface area contributed by atoms with E-state index in [1.54, 1.807) is 0 Å². The second-order valence-corrected chi connectivity index (χ2v) is 5.32. The zero-order valence-corrected chi connectivity index (χ0v) is 11.9. The number of nitrogens with one attached hydrogen (secondary N) is 1. The fourth-order valence-electron chi connectivity index (χ4n) is 2.68.